The minimum atomic E-state index is -4.15. The molecule has 0 spiro atoms. The van der Waals surface area contributed by atoms with Crippen molar-refractivity contribution in [3.05, 3.63) is 35.9 Å². The van der Waals surface area contributed by atoms with Crippen LogP contribution in [0.5, 0.6) is 0 Å². The van der Waals surface area contributed by atoms with E-state index in [9.17, 15) is 22.8 Å². The van der Waals surface area contributed by atoms with Crippen LogP contribution in [0.25, 0.3) is 0 Å². The van der Waals surface area contributed by atoms with Crippen LogP contribution >= 0.6 is 0 Å². The molecule has 1 aromatic carbocycles. The molecule has 2 rings (SSSR count). The molecule has 1 fully saturated rings. The van der Waals surface area contributed by atoms with Crippen LogP contribution in [0.1, 0.15) is 56.6 Å². The number of nitrogens with one attached hydrogen (secondary N) is 1. The number of alkyl halides is 3. The van der Waals surface area contributed by atoms with Gasteiger partial charge in [0.25, 0.3) is 0 Å². The molecule has 7 heteroatoms. The minimum absolute atomic E-state index is 0.0514. The van der Waals surface area contributed by atoms with Crippen LogP contribution in [0.15, 0.2) is 30.3 Å². The molecule has 1 amide bonds. The summed E-state index contributed by atoms with van der Waals surface area (Å²) in [6.45, 7) is 0. The molecule has 0 aliphatic heterocycles. The third kappa shape index (κ3) is 6.35. The second-order valence-electron chi connectivity index (χ2n) is 6.93. The Morgan fingerprint density at radius 1 is 1.12 bits per heavy atom. The van der Waals surface area contributed by atoms with Gasteiger partial charge in [0, 0.05) is 12.8 Å². The predicted octanol–water partition coefficient (Wildman–Crippen LogP) is 4.47. The molecule has 26 heavy (non-hydrogen) atoms. The Hall–Kier alpha value is -2.05. The Morgan fingerprint density at radius 3 is 2.27 bits per heavy atom. The van der Waals surface area contributed by atoms with E-state index in [1.54, 1.807) is 0 Å². The zero-order valence-corrected chi connectivity index (χ0v) is 14.5. The first-order valence-electron chi connectivity index (χ1n) is 8.88. The molecule has 1 aliphatic carbocycles. The fraction of sp³-hybridized carbons (Fsp3) is 0.579. The Kier molecular flexibility index (Phi) is 7.06. The van der Waals surface area contributed by atoms with Gasteiger partial charge in [-0.3, -0.25) is 9.59 Å². The molecule has 1 atom stereocenters. The lowest BCUT2D eigenvalue weighted by atomic mass is 9.80. The molecule has 4 nitrogen and oxygen atoms in total. The van der Waals surface area contributed by atoms with E-state index in [1.807, 2.05) is 30.3 Å². The first-order valence-corrected chi connectivity index (χ1v) is 8.88. The molecule has 1 aromatic rings. The number of halogens is 3. The van der Waals surface area contributed by atoms with Crippen molar-refractivity contribution in [3.8, 4) is 0 Å². The monoisotopic (exact) mass is 371 g/mol. The maximum Gasteiger partial charge on any atom is 0.391 e. The first kappa shape index (κ1) is 20.3. The average Bonchev–Trinajstić information content (AvgIpc) is 2.59. The van der Waals surface area contributed by atoms with E-state index < -0.39 is 24.1 Å². The zero-order chi connectivity index (χ0) is 19.2. The van der Waals surface area contributed by atoms with Crippen molar-refractivity contribution >= 4 is 11.9 Å². The summed E-state index contributed by atoms with van der Waals surface area (Å²) in [5, 5.41) is 11.7. The van der Waals surface area contributed by atoms with Crippen LogP contribution in [0.2, 0.25) is 0 Å². The summed E-state index contributed by atoms with van der Waals surface area (Å²) >= 11 is 0. The number of amides is 1. The number of rotatable bonds is 7. The lowest BCUT2D eigenvalue weighted by molar-refractivity contribution is -0.184. The largest absolute Gasteiger partial charge is 0.481 e. The van der Waals surface area contributed by atoms with Crippen LogP contribution in [0.4, 0.5) is 13.2 Å². The van der Waals surface area contributed by atoms with Gasteiger partial charge in [0.05, 0.1) is 12.0 Å². The van der Waals surface area contributed by atoms with Crippen molar-refractivity contribution in [2.75, 3.05) is 0 Å². The summed E-state index contributed by atoms with van der Waals surface area (Å²) in [6, 6.07) is 8.69. The highest BCUT2D eigenvalue weighted by Gasteiger charge is 2.41. The maximum atomic E-state index is 12.7. The van der Waals surface area contributed by atoms with E-state index in [2.05, 4.69) is 5.32 Å². The van der Waals surface area contributed by atoms with Crippen LogP contribution in [0.3, 0.4) is 0 Å². The number of carbonyl (C=O) groups is 2. The molecule has 0 heterocycles. The number of benzene rings is 1. The van der Waals surface area contributed by atoms with Gasteiger partial charge in [-0.2, -0.15) is 13.2 Å². The number of aliphatic carboxylic acids is 1. The van der Waals surface area contributed by atoms with Crippen molar-refractivity contribution in [1.82, 2.24) is 5.32 Å². The van der Waals surface area contributed by atoms with Crippen LogP contribution in [-0.4, -0.2) is 23.2 Å². The van der Waals surface area contributed by atoms with Crippen LogP contribution in [-0.2, 0) is 9.59 Å². The van der Waals surface area contributed by atoms with Crippen LogP contribution < -0.4 is 5.32 Å². The molecule has 1 unspecified atom stereocenters. The average molecular weight is 371 g/mol. The summed E-state index contributed by atoms with van der Waals surface area (Å²) < 4.78 is 38.1. The molecule has 1 aliphatic rings. The van der Waals surface area contributed by atoms with E-state index >= 15 is 0 Å². The van der Waals surface area contributed by atoms with Crippen molar-refractivity contribution in [2.45, 2.75) is 57.2 Å². The quantitative estimate of drug-likeness (QED) is 0.743. The standard InChI is InChI=1S/C19H24F3NO3/c20-19(21,22)15-8-6-13(7-9-15)12-17(24)23-16(10-11-18(25)26)14-4-2-1-3-5-14/h1-5,13,15-16H,6-12H2,(H,23,24)(H,25,26). The highest BCUT2D eigenvalue weighted by Crippen LogP contribution is 2.40. The van der Waals surface area contributed by atoms with Crippen molar-refractivity contribution < 1.29 is 27.9 Å². The van der Waals surface area contributed by atoms with Crippen molar-refractivity contribution in [3.63, 3.8) is 0 Å². The van der Waals surface area contributed by atoms with Gasteiger partial charge >= 0.3 is 12.1 Å². The summed E-state index contributed by atoms with van der Waals surface area (Å²) in [4.78, 5) is 23.2. The SMILES string of the molecule is O=C(O)CCC(NC(=O)CC1CCC(C(F)(F)F)CC1)c1ccccc1. The highest BCUT2D eigenvalue weighted by molar-refractivity contribution is 5.77. The van der Waals surface area contributed by atoms with Gasteiger partial charge < -0.3 is 10.4 Å². The van der Waals surface area contributed by atoms with Gasteiger partial charge in [-0.05, 0) is 43.6 Å². The zero-order valence-electron chi connectivity index (χ0n) is 14.5. The summed E-state index contributed by atoms with van der Waals surface area (Å²) in [5.41, 5.74) is 0.822. The topological polar surface area (TPSA) is 66.4 Å². The fourth-order valence-corrected chi connectivity index (χ4v) is 3.48. The molecular formula is C19H24F3NO3. The lowest BCUT2D eigenvalue weighted by Gasteiger charge is -2.30. The molecular weight excluding hydrogens is 347 g/mol. The van der Waals surface area contributed by atoms with Gasteiger partial charge in [0.2, 0.25) is 5.91 Å². The van der Waals surface area contributed by atoms with E-state index in [0.29, 0.717) is 12.8 Å². The predicted molar refractivity (Wildman–Crippen MR) is 90.3 cm³/mol. The number of hydrogen-bond donors (Lipinski definition) is 2. The Balaban J connectivity index is 1.88. The van der Waals surface area contributed by atoms with E-state index in [1.165, 1.54) is 0 Å². The lowest BCUT2D eigenvalue weighted by Crippen LogP contribution is -2.33. The number of carboxylic acid groups (broad SMARTS) is 1. The molecule has 0 saturated heterocycles. The Bertz CT molecular complexity index is 596. The summed E-state index contributed by atoms with van der Waals surface area (Å²) in [6.07, 6.45) is -2.84. The number of carboxylic acids is 1. The minimum Gasteiger partial charge on any atom is -0.481 e. The molecule has 0 aromatic heterocycles. The van der Waals surface area contributed by atoms with Crippen molar-refractivity contribution in [2.24, 2.45) is 11.8 Å². The van der Waals surface area contributed by atoms with Gasteiger partial charge in [-0.1, -0.05) is 30.3 Å². The molecule has 1 saturated carbocycles. The van der Waals surface area contributed by atoms with E-state index in [0.717, 1.165) is 5.56 Å². The Morgan fingerprint density at radius 2 is 1.73 bits per heavy atom. The third-order valence-corrected chi connectivity index (χ3v) is 4.97. The molecule has 144 valence electrons. The van der Waals surface area contributed by atoms with Gasteiger partial charge in [0.15, 0.2) is 0 Å². The van der Waals surface area contributed by atoms with Crippen LogP contribution in [0, 0.1) is 11.8 Å². The third-order valence-electron chi connectivity index (χ3n) is 4.97. The smallest absolute Gasteiger partial charge is 0.391 e. The highest BCUT2D eigenvalue weighted by atomic mass is 19.4. The van der Waals surface area contributed by atoms with Crippen molar-refractivity contribution in [1.29, 1.82) is 0 Å². The molecule has 0 radical (unpaired) electrons. The van der Waals surface area contributed by atoms with E-state index in [4.69, 9.17) is 5.11 Å². The second-order valence-corrected chi connectivity index (χ2v) is 6.93. The Labute approximate surface area is 150 Å². The van der Waals surface area contributed by atoms with E-state index in [-0.39, 0.29) is 43.9 Å². The number of carbonyl (C=O) groups excluding carboxylic acids is 1. The summed E-state index contributed by atoms with van der Waals surface area (Å²) in [7, 11) is 0. The fourth-order valence-electron chi connectivity index (χ4n) is 3.48. The van der Waals surface area contributed by atoms with Gasteiger partial charge in [-0.15, -0.1) is 0 Å². The van der Waals surface area contributed by atoms with Gasteiger partial charge in [-0.25, -0.2) is 0 Å². The van der Waals surface area contributed by atoms with Gasteiger partial charge in [0.1, 0.15) is 0 Å². The molecule has 2 N–H and O–H groups in total. The first-order chi connectivity index (χ1) is 12.3. The normalized spacial score (nSPS) is 21.8. The second kappa shape index (κ2) is 9.05. The summed E-state index contributed by atoms with van der Waals surface area (Å²) in [5.74, 6) is -2.48. The number of hydrogen-bond acceptors (Lipinski definition) is 2. The maximum absolute atomic E-state index is 12.7. The molecule has 0 bridgehead atoms.